The largest absolute Gasteiger partial charge is 0.493 e. The number of ether oxygens (including phenoxy) is 2. The molecule has 6 aromatic rings. The van der Waals surface area contributed by atoms with Gasteiger partial charge in [-0.15, -0.1) is 0 Å². The van der Waals surface area contributed by atoms with Crippen LogP contribution in [0.25, 0.3) is 0 Å². The van der Waals surface area contributed by atoms with E-state index in [4.69, 9.17) is 9.47 Å². The van der Waals surface area contributed by atoms with Crippen molar-refractivity contribution < 1.29 is 9.47 Å². The van der Waals surface area contributed by atoms with E-state index in [1.807, 2.05) is 49.1 Å². The van der Waals surface area contributed by atoms with Crippen molar-refractivity contribution in [2.45, 2.75) is 56.8 Å². The zero-order chi connectivity index (χ0) is 30.5. The van der Waals surface area contributed by atoms with Crippen molar-refractivity contribution in [2.24, 2.45) is 0 Å². The van der Waals surface area contributed by atoms with Crippen LogP contribution in [-0.4, -0.2) is 33.1 Å². The summed E-state index contributed by atoms with van der Waals surface area (Å²) in [6.07, 6.45) is 16.1. The van der Waals surface area contributed by atoms with Gasteiger partial charge in [-0.25, -0.2) is 0 Å². The van der Waals surface area contributed by atoms with Gasteiger partial charge < -0.3 is 29.4 Å². The number of H-pyrrole nitrogens is 4. The molecule has 232 valence electrons. The lowest BCUT2D eigenvalue weighted by molar-refractivity contribution is 0.296. The fraction of sp³-hybridized carbons (Fsp3) is 0.282. The summed E-state index contributed by atoms with van der Waals surface area (Å²) in [7, 11) is 0. The van der Waals surface area contributed by atoms with Crippen LogP contribution in [-0.2, 0) is 0 Å². The predicted octanol–water partition coefficient (Wildman–Crippen LogP) is 9.55. The Morgan fingerprint density at radius 2 is 0.711 bits per heavy atom. The summed E-state index contributed by atoms with van der Waals surface area (Å²) in [4.78, 5) is 13.6. The highest BCUT2D eigenvalue weighted by Gasteiger charge is 2.23. The first-order valence-electron chi connectivity index (χ1n) is 16.3. The molecule has 0 spiro atoms. The van der Waals surface area contributed by atoms with E-state index in [-0.39, 0.29) is 11.8 Å². The van der Waals surface area contributed by atoms with Crippen molar-refractivity contribution in [3.63, 3.8) is 0 Å². The lowest BCUT2D eigenvalue weighted by Gasteiger charge is -2.19. The number of aromatic nitrogens is 4. The fourth-order valence-corrected chi connectivity index (χ4v) is 6.25. The van der Waals surface area contributed by atoms with Crippen LogP contribution in [0.5, 0.6) is 11.5 Å². The lowest BCUT2D eigenvalue weighted by atomic mass is 9.92. The highest BCUT2D eigenvalue weighted by Crippen LogP contribution is 2.37. The molecule has 0 unspecified atom stereocenters. The summed E-state index contributed by atoms with van der Waals surface area (Å²) in [5.74, 6) is 2.09. The van der Waals surface area contributed by atoms with Gasteiger partial charge in [0.1, 0.15) is 11.5 Å². The molecule has 0 fully saturated rings. The van der Waals surface area contributed by atoms with E-state index in [2.05, 4.69) is 92.7 Å². The van der Waals surface area contributed by atoms with Crippen LogP contribution in [0.3, 0.4) is 0 Å². The third kappa shape index (κ3) is 7.82. The Morgan fingerprint density at radius 1 is 0.378 bits per heavy atom. The molecule has 0 bridgehead atoms. The van der Waals surface area contributed by atoms with Crippen LogP contribution in [0.1, 0.15) is 90.7 Å². The summed E-state index contributed by atoms with van der Waals surface area (Å²) in [6.45, 7) is 1.47. The Balaban J connectivity index is 0.904. The number of hydrogen-bond donors (Lipinski definition) is 4. The summed E-state index contributed by atoms with van der Waals surface area (Å²) < 4.78 is 12.7. The Hall–Kier alpha value is -4.84. The van der Waals surface area contributed by atoms with Crippen molar-refractivity contribution in [3.05, 3.63) is 156 Å². The summed E-state index contributed by atoms with van der Waals surface area (Å²) in [5.41, 5.74) is 6.97. The SMILES string of the molecule is c1c[nH]c(C(c2ccc[nH]2)c2ccccc2OCCCCCCCCCOc2ccccc2C(c2ccc[nH]2)c2ccc[nH]2)c1. The summed E-state index contributed by atoms with van der Waals surface area (Å²) >= 11 is 0. The fourth-order valence-electron chi connectivity index (χ4n) is 6.25. The highest BCUT2D eigenvalue weighted by molar-refractivity contribution is 5.47. The van der Waals surface area contributed by atoms with E-state index in [1.54, 1.807) is 0 Å². The molecule has 6 nitrogen and oxygen atoms in total. The molecule has 6 heteroatoms. The number of nitrogens with one attached hydrogen (secondary N) is 4. The molecule has 0 atom stereocenters. The molecular formula is C39H44N4O2. The van der Waals surface area contributed by atoms with E-state index >= 15 is 0 Å². The minimum atomic E-state index is 0.0862. The second kappa shape index (κ2) is 15.8. The number of para-hydroxylation sites is 2. The molecule has 2 aromatic carbocycles. The minimum Gasteiger partial charge on any atom is -0.493 e. The van der Waals surface area contributed by atoms with Crippen molar-refractivity contribution in [1.29, 1.82) is 0 Å². The molecule has 0 aliphatic carbocycles. The average Bonchev–Trinajstić information content (AvgIpc) is 3.92. The van der Waals surface area contributed by atoms with E-state index in [9.17, 15) is 0 Å². The molecule has 4 aromatic heterocycles. The number of rotatable bonds is 18. The highest BCUT2D eigenvalue weighted by atomic mass is 16.5. The van der Waals surface area contributed by atoms with Gasteiger partial charge in [0, 0.05) is 58.7 Å². The number of aromatic amines is 4. The molecular weight excluding hydrogens is 556 g/mol. The van der Waals surface area contributed by atoms with Gasteiger partial charge >= 0.3 is 0 Å². The van der Waals surface area contributed by atoms with Crippen LogP contribution in [0.2, 0.25) is 0 Å². The second-order valence-corrected chi connectivity index (χ2v) is 11.6. The van der Waals surface area contributed by atoms with Gasteiger partial charge in [-0.05, 0) is 73.5 Å². The lowest BCUT2D eigenvalue weighted by Crippen LogP contribution is -2.08. The number of benzene rings is 2. The first-order chi connectivity index (χ1) is 22.4. The Bertz CT molecular complexity index is 1440. The average molecular weight is 601 g/mol. The molecule has 0 aliphatic rings. The standard InChI is InChI=1S/C39H44N4O2/c1(2-4-10-28-44-36-22-8-6-16-30(36)38(32-18-12-24-40-32)33-19-13-25-41-33)3-5-11-29-45-37-23-9-7-17-31(37)39(34-20-14-26-42-34)35-21-15-27-43-35/h6-9,12-27,38-43H,1-5,10-11,28-29H2. The maximum Gasteiger partial charge on any atom is 0.123 e. The molecule has 4 heterocycles. The van der Waals surface area contributed by atoms with E-state index in [1.165, 1.54) is 43.2 Å². The number of hydrogen-bond acceptors (Lipinski definition) is 2. The summed E-state index contributed by atoms with van der Waals surface area (Å²) in [5, 5.41) is 0. The van der Waals surface area contributed by atoms with Crippen molar-refractivity contribution >= 4 is 0 Å². The van der Waals surface area contributed by atoms with Crippen LogP contribution >= 0.6 is 0 Å². The Kier molecular flexibility index (Phi) is 10.6. The number of unbranched alkanes of at least 4 members (excludes halogenated alkanes) is 6. The van der Waals surface area contributed by atoms with Crippen LogP contribution < -0.4 is 9.47 Å². The Morgan fingerprint density at radius 3 is 1.04 bits per heavy atom. The zero-order valence-electron chi connectivity index (χ0n) is 25.9. The first-order valence-corrected chi connectivity index (χ1v) is 16.3. The Labute approximate surface area is 266 Å². The maximum absolute atomic E-state index is 6.34. The maximum atomic E-state index is 6.34. The molecule has 0 saturated carbocycles. The quantitative estimate of drug-likeness (QED) is 0.0741. The molecule has 0 radical (unpaired) electrons. The van der Waals surface area contributed by atoms with Crippen molar-refractivity contribution in [2.75, 3.05) is 13.2 Å². The molecule has 0 amide bonds. The van der Waals surface area contributed by atoms with Crippen LogP contribution in [0.15, 0.2) is 122 Å². The molecule has 0 aliphatic heterocycles. The molecule has 4 N–H and O–H groups in total. The van der Waals surface area contributed by atoms with Crippen LogP contribution in [0, 0.1) is 0 Å². The van der Waals surface area contributed by atoms with Gasteiger partial charge in [-0.3, -0.25) is 0 Å². The molecule has 0 saturated heterocycles. The van der Waals surface area contributed by atoms with Gasteiger partial charge in [0.25, 0.3) is 0 Å². The van der Waals surface area contributed by atoms with Gasteiger partial charge in [0.05, 0.1) is 25.0 Å². The van der Waals surface area contributed by atoms with E-state index in [0.717, 1.165) is 60.3 Å². The smallest absolute Gasteiger partial charge is 0.123 e. The van der Waals surface area contributed by atoms with Gasteiger partial charge in [0.2, 0.25) is 0 Å². The first kappa shape index (κ1) is 30.2. The topological polar surface area (TPSA) is 81.6 Å². The van der Waals surface area contributed by atoms with Gasteiger partial charge in [-0.1, -0.05) is 68.5 Å². The molecule has 45 heavy (non-hydrogen) atoms. The normalized spacial score (nSPS) is 11.4. The summed E-state index contributed by atoms with van der Waals surface area (Å²) in [6, 6.07) is 33.6. The monoisotopic (exact) mass is 600 g/mol. The zero-order valence-corrected chi connectivity index (χ0v) is 25.9. The van der Waals surface area contributed by atoms with Gasteiger partial charge in [0.15, 0.2) is 0 Å². The van der Waals surface area contributed by atoms with E-state index in [0.29, 0.717) is 0 Å². The van der Waals surface area contributed by atoms with E-state index < -0.39 is 0 Å². The third-order valence-electron chi connectivity index (χ3n) is 8.50. The third-order valence-corrected chi connectivity index (χ3v) is 8.50. The minimum absolute atomic E-state index is 0.0862. The van der Waals surface area contributed by atoms with Crippen LogP contribution in [0.4, 0.5) is 0 Å². The molecule has 6 rings (SSSR count). The van der Waals surface area contributed by atoms with Crippen molar-refractivity contribution in [3.8, 4) is 11.5 Å². The van der Waals surface area contributed by atoms with Crippen molar-refractivity contribution in [1.82, 2.24) is 19.9 Å². The second-order valence-electron chi connectivity index (χ2n) is 11.6. The predicted molar refractivity (Wildman–Crippen MR) is 181 cm³/mol. The van der Waals surface area contributed by atoms with Gasteiger partial charge in [-0.2, -0.15) is 0 Å².